The molecule has 8 nitrogen and oxygen atoms in total. The van der Waals surface area contributed by atoms with Gasteiger partial charge in [0.1, 0.15) is 12.4 Å². The number of aromatic nitrogens is 2. The molecule has 0 N–H and O–H groups in total. The van der Waals surface area contributed by atoms with Crippen LogP contribution in [0.4, 0.5) is 5.13 Å². The van der Waals surface area contributed by atoms with E-state index in [-0.39, 0.29) is 6.67 Å². The number of carbonyl (C=O) groups is 1. The van der Waals surface area contributed by atoms with Crippen molar-refractivity contribution < 1.29 is 14.3 Å². The number of thioether (sulfide) groups is 1. The molecule has 1 aliphatic rings. The molecule has 30 heavy (non-hydrogen) atoms. The maximum Gasteiger partial charge on any atom is 0.351 e. The summed E-state index contributed by atoms with van der Waals surface area (Å²) in [6.45, 7) is 6.22. The van der Waals surface area contributed by atoms with Crippen molar-refractivity contribution in [2.24, 2.45) is 0 Å². The summed E-state index contributed by atoms with van der Waals surface area (Å²) in [7, 11) is 1.82. The van der Waals surface area contributed by atoms with Crippen LogP contribution in [0.25, 0.3) is 0 Å². The van der Waals surface area contributed by atoms with Crippen molar-refractivity contribution in [1.82, 2.24) is 19.7 Å². The fraction of sp³-hybridized carbons (Fsp3) is 0.550. The lowest BCUT2D eigenvalue weighted by atomic mass is 10.1. The highest BCUT2D eigenvalue weighted by atomic mass is 32.2. The summed E-state index contributed by atoms with van der Waals surface area (Å²) in [5.41, 5.74) is 1.01. The van der Waals surface area contributed by atoms with Gasteiger partial charge in [0.2, 0.25) is 0 Å². The molecular formula is C20H28N4O4S2. The van der Waals surface area contributed by atoms with E-state index in [1.807, 2.05) is 43.1 Å². The van der Waals surface area contributed by atoms with E-state index in [0.29, 0.717) is 17.4 Å². The van der Waals surface area contributed by atoms with E-state index in [1.54, 1.807) is 18.7 Å². The first-order valence-corrected chi connectivity index (χ1v) is 11.9. The molecule has 1 fully saturated rings. The molecule has 1 aromatic heterocycles. The Morgan fingerprint density at radius 2 is 2.17 bits per heavy atom. The number of benzene rings is 1. The average molecular weight is 453 g/mol. The number of aryl methyl sites for hydroxylation is 1. The number of carbonyl (C=O) groups excluding carboxylic acids is 1. The first-order chi connectivity index (χ1) is 14.4. The van der Waals surface area contributed by atoms with Gasteiger partial charge in [0.05, 0.1) is 6.54 Å². The number of hydrogen-bond acceptors (Lipinski definition) is 9. The van der Waals surface area contributed by atoms with Crippen LogP contribution in [0.5, 0.6) is 5.75 Å². The van der Waals surface area contributed by atoms with E-state index in [4.69, 9.17) is 9.47 Å². The largest absolute Gasteiger partial charge is 0.622 e. The minimum atomic E-state index is -0.910. The molecular weight excluding hydrogens is 424 g/mol. The van der Waals surface area contributed by atoms with Crippen molar-refractivity contribution in [3.63, 3.8) is 0 Å². The van der Waals surface area contributed by atoms with Gasteiger partial charge in [-0.15, -0.1) is 5.10 Å². The van der Waals surface area contributed by atoms with Gasteiger partial charge in [-0.1, -0.05) is 48.9 Å². The number of hydroxylamine groups is 2. The average Bonchev–Trinajstić information content (AvgIpc) is 3.32. The van der Waals surface area contributed by atoms with Crippen molar-refractivity contribution >= 4 is 34.2 Å². The summed E-state index contributed by atoms with van der Waals surface area (Å²) in [4.78, 5) is 14.6. The van der Waals surface area contributed by atoms with Gasteiger partial charge in [0, 0.05) is 5.75 Å². The third-order valence-electron chi connectivity index (χ3n) is 4.78. The number of rotatable bonds is 9. The monoisotopic (exact) mass is 452 g/mol. The Labute approximate surface area is 185 Å². The molecule has 0 amide bonds. The predicted octanol–water partition coefficient (Wildman–Crippen LogP) is 3.65. The van der Waals surface area contributed by atoms with Crippen LogP contribution in [0.1, 0.15) is 32.8 Å². The Balaban J connectivity index is 1.70. The summed E-state index contributed by atoms with van der Waals surface area (Å²) in [5, 5.41) is 22.2. The van der Waals surface area contributed by atoms with Crippen LogP contribution in [0, 0.1) is 5.21 Å². The van der Waals surface area contributed by atoms with E-state index in [1.165, 1.54) is 11.3 Å². The molecule has 164 valence electrons. The molecule has 0 spiro atoms. The topological polar surface area (TPSA) is 87.6 Å². The van der Waals surface area contributed by atoms with E-state index < -0.39 is 22.9 Å². The Kier molecular flexibility index (Phi) is 7.70. The normalized spacial score (nSPS) is 22.8. The maximum atomic E-state index is 13.6. The first-order valence-electron chi connectivity index (χ1n) is 10.1. The van der Waals surface area contributed by atoms with Gasteiger partial charge in [-0.25, -0.2) is 9.69 Å². The summed E-state index contributed by atoms with van der Waals surface area (Å²) in [5.74, 6) is 1.00. The molecule has 0 saturated carbocycles. The molecule has 0 aliphatic carbocycles. The molecule has 2 heterocycles. The van der Waals surface area contributed by atoms with Gasteiger partial charge in [0.25, 0.3) is 6.23 Å². The predicted molar refractivity (Wildman–Crippen MR) is 119 cm³/mol. The molecule has 3 rings (SSSR count). The standard InChI is InChI=1S/C20H28N4O4S2/c1-5-11-29-20-22-21-19(30-20)24(26)13-23(4)12-17(24)28-18(25)14(3)27-16-10-8-7-9-15(16)6-2/h7-10,14,17H,5-6,11-13H2,1-4H3. The summed E-state index contributed by atoms with van der Waals surface area (Å²) < 4.78 is 11.4. The highest BCUT2D eigenvalue weighted by Gasteiger charge is 2.46. The highest BCUT2D eigenvalue weighted by Crippen LogP contribution is 2.37. The van der Waals surface area contributed by atoms with Crippen molar-refractivity contribution in [2.45, 2.75) is 50.3 Å². The minimum Gasteiger partial charge on any atom is -0.622 e. The summed E-state index contributed by atoms with van der Waals surface area (Å²) >= 11 is 2.85. The van der Waals surface area contributed by atoms with E-state index in [0.717, 1.165) is 28.5 Å². The lowest BCUT2D eigenvalue weighted by molar-refractivity contribution is -0.161. The molecule has 2 aromatic rings. The zero-order chi connectivity index (χ0) is 21.7. The number of hydrogen-bond donors (Lipinski definition) is 0. The second kappa shape index (κ2) is 10.1. The van der Waals surface area contributed by atoms with Crippen LogP contribution in [-0.4, -0.2) is 59.4 Å². The second-order valence-electron chi connectivity index (χ2n) is 7.29. The molecule has 3 atom stereocenters. The Hall–Kier alpha value is -1.72. The second-order valence-corrected chi connectivity index (χ2v) is 9.59. The molecule has 3 unspecified atom stereocenters. The van der Waals surface area contributed by atoms with Crippen LogP contribution in [-0.2, 0) is 16.0 Å². The van der Waals surface area contributed by atoms with Gasteiger partial charge in [-0.2, -0.15) is 0 Å². The van der Waals surface area contributed by atoms with Crippen LogP contribution >= 0.6 is 23.1 Å². The zero-order valence-corrected chi connectivity index (χ0v) is 19.4. The smallest absolute Gasteiger partial charge is 0.351 e. The van der Waals surface area contributed by atoms with Gasteiger partial charge in [-0.05, 0) is 49.8 Å². The number of likely N-dealkylation sites (N-methyl/N-ethyl adjacent to an activating group) is 1. The molecule has 0 bridgehead atoms. The molecule has 1 saturated heterocycles. The van der Waals surface area contributed by atoms with Gasteiger partial charge in [0.15, 0.2) is 10.4 Å². The fourth-order valence-corrected chi connectivity index (χ4v) is 5.03. The van der Waals surface area contributed by atoms with Crippen LogP contribution in [0.15, 0.2) is 28.6 Å². The van der Waals surface area contributed by atoms with Crippen molar-refractivity contribution in [2.75, 3.05) is 26.0 Å². The Morgan fingerprint density at radius 3 is 2.90 bits per heavy atom. The van der Waals surface area contributed by atoms with Crippen LogP contribution in [0.2, 0.25) is 0 Å². The van der Waals surface area contributed by atoms with Gasteiger partial charge in [-0.3, -0.25) is 4.65 Å². The highest BCUT2D eigenvalue weighted by molar-refractivity contribution is 8.01. The lowest BCUT2D eigenvalue weighted by Gasteiger charge is -2.38. The number of ether oxygens (including phenoxy) is 2. The SMILES string of the molecule is CCCSc1nnc([N+]2([O-])CN(C)CC2OC(=O)C(C)Oc2ccccc2CC)s1. The fourth-order valence-electron chi connectivity index (χ4n) is 3.19. The van der Waals surface area contributed by atoms with Gasteiger partial charge < -0.3 is 14.7 Å². The molecule has 0 radical (unpaired) electrons. The minimum absolute atomic E-state index is 0.152. The number of nitrogens with zero attached hydrogens (tertiary/aromatic N) is 4. The zero-order valence-electron chi connectivity index (χ0n) is 17.7. The molecule has 10 heteroatoms. The molecule has 1 aliphatic heterocycles. The lowest BCUT2D eigenvalue weighted by Crippen LogP contribution is -2.51. The Bertz CT molecular complexity index is 865. The van der Waals surface area contributed by atoms with Crippen molar-refractivity contribution in [3.05, 3.63) is 35.0 Å². The maximum absolute atomic E-state index is 13.6. The number of para-hydroxylation sites is 1. The van der Waals surface area contributed by atoms with Gasteiger partial charge >= 0.3 is 11.1 Å². The summed E-state index contributed by atoms with van der Waals surface area (Å²) in [6.07, 6.45) is 0.0643. The first kappa shape index (κ1) is 23.0. The number of esters is 1. The number of quaternary nitrogens is 1. The quantitative estimate of drug-likeness (QED) is 0.247. The van der Waals surface area contributed by atoms with Crippen molar-refractivity contribution in [3.8, 4) is 5.75 Å². The van der Waals surface area contributed by atoms with E-state index in [9.17, 15) is 10.0 Å². The third-order valence-corrected chi connectivity index (χ3v) is 7.15. The summed E-state index contributed by atoms with van der Waals surface area (Å²) in [6, 6.07) is 7.59. The van der Waals surface area contributed by atoms with Crippen molar-refractivity contribution in [1.29, 1.82) is 0 Å². The molecule has 1 aromatic carbocycles. The van der Waals surface area contributed by atoms with Crippen LogP contribution < -0.4 is 9.38 Å². The Morgan fingerprint density at radius 1 is 1.40 bits per heavy atom. The van der Waals surface area contributed by atoms with Crippen LogP contribution in [0.3, 0.4) is 0 Å². The van der Waals surface area contributed by atoms with E-state index >= 15 is 0 Å². The third kappa shape index (κ3) is 5.12. The van der Waals surface area contributed by atoms with E-state index in [2.05, 4.69) is 17.1 Å².